The zero-order valence-corrected chi connectivity index (χ0v) is 19.9. The SMILES string of the molecule is C[C@](C(=O)CC1CCC(O)CC1)(c1ccccc1)n1ncc2c1nc(N)n1nc(-c3ccco3)nc21. The van der Waals surface area contributed by atoms with Crippen LogP contribution >= 0.6 is 0 Å². The van der Waals surface area contributed by atoms with Gasteiger partial charge in [-0.2, -0.15) is 14.6 Å². The number of aromatic nitrogens is 6. The van der Waals surface area contributed by atoms with Crippen molar-refractivity contribution in [1.82, 2.24) is 29.4 Å². The number of nitrogens with two attached hydrogens (primary N) is 1. The number of nitrogens with zero attached hydrogens (tertiary/aromatic N) is 6. The molecule has 10 nitrogen and oxygen atoms in total. The van der Waals surface area contributed by atoms with E-state index in [1.807, 2.05) is 37.3 Å². The van der Waals surface area contributed by atoms with Crippen molar-refractivity contribution in [2.75, 3.05) is 5.73 Å². The molecule has 3 N–H and O–H groups in total. The molecule has 4 heterocycles. The number of hydrogen-bond acceptors (Lipinski definition) is 8. The first-order valence-corrected chi connectivity index (χ1v) is 12.2. The Labute approximate surface area is 206 Å². The van der Waals surface area contributed by atoms with Gasteiger partial charge in [-0.25, -0.2) is 9.67 Å². The van der Waals surface area contributed by atoms with Crippen LogP contribution in [0.15, 0.2) is 59.3 Å². The average Bonchev–Trinajstić information content (AvgIpc) is 3.65. The van der Waals surface area contributed by atoms with Gasteiger partial charge in [0.1, 0.15) is 5.54 Å². The van der Waals surface area contributed by atoms with Crippen molar-refractivity contribution in [3.05, 3.63) is 60.5 Å². The summed E-state index contributed by atoms with van der Waals surface area (Å²) in [7, 11) is 0. The molecule has 1 aromatic carbocycles. The lowest BCUT2D eigenvalue weighted by atomic mass is 9.78. The van der Waals surface area contributed by atoms with Gasteiger partial charge in [0, 0.05) is 6.42 Å². The molecular formula is C26H27N7O3. The van der Waals surface area contributed by atoms with Crippen LogP contribution in [0, 0.1) is 5.92 Å². The van der Waals surface area contributed by atoms with Crippen LogP contribution in [0.25, 0.3) is 28.3 Å². The summed E-state index contributed by atoms with van der Waals surface area (Å²) in [5, 5.41) is 19.7. The number of hydrogen-bond donors (Lipinski definition) is 2. The molecular weight excluding hydrogens is 458 g/mol. The van der Waals surface area contributed by atoms with Crippen molar-refractivity contribution < 1.29 is 14.3 Å². The summed E-state index contributed by atoms with van der Waals surface area (Å²) in [5.74, 6) is 1.30. The first kappa shape index (κ1) is 22.4. The van der Waals surface area contributed by atoms with Gasteiger partial charge < -0.3 is 15.3 Å². The smallest absolute Gasteiger partial charge is 0.225 e. The van der Waals surface area contributed by atoms with Crippen molar-refractivity contribution in [2.24, 2.45) is 5.92 Å². The predicted octanol–water partition coefficient (Wildman–Crippen LogP) is 3.59. The maximum Gasteiger partial charge on any atom is 0.225 e. The molecule has 1 fully saturated rings. The number of fused-ring (bicyclic) bond motifs is 3. The lowest BCUT2D eigenvalue weighted by Gasteiger charge is -2.32. The summed E-state index contributed by atoms with van der Waals surface area (Å²) >= 11 is 0. The van der Waals surface area contributed by atoms with Crippen molar-refractivity contribution in [3.8, 4) is 11.6 Å². The van der Waals surface area contributed by atoms with Crippen LogP contribution < -0.4 is 5.73 Å². The number of aliphatic hydroxyl groups excluding tert-OH is 1. The summed E-state index contributed by atoms with van der Waals surface area (Å²) in [6, 6.07) is 13.2. The van der Waals surface area contributed by atoms with E-state index in [9.17, 15) is 9.90 Å². The number of ketones is 1. The van der Waals surface area contributed by atoms with Gasteiger partial charge in [0.15, 0.2) is 22.8 Å². The third kappa shape index (κ3) is 3.56. The third-order valence-corrected chi connectivity index (χ3v) is 7.36. The number of Topliss-reactive ketones (excluding diaryl/α,β-unsaturated/α-hetero) is 1. The van der Waals surface area contributed by atoms with Gasteiger partial charge >= 0.3 is 0 Å². The molecule has 36 heavy (non-hydrogen) atoms. The number of aliphatic hydroxyl groups is 1. The Hall–Kier alpha value is -4.05. The average molecular weight is 486 g/mol. The molecule has 6 rings (SSSR count). The molecule has 0 spiro atoms. The molecule has 0 amide bonds. The van der Waals surface area contributed by atoms with Crippen LogP contribution in [0.3, 0.4) is 0 Å². The molecule has 1 aliphatic rings. The maximum absolute atomic E-state index is 14.0. The largest absolute Gasteiger partial charge is 0.461 e. The zero-order valence-electron chi connectivity index (χ0n) is 19.9. The lowest BCUT2D eigenvalue weighted by Crippen LogP contribution is -2.42. The maximum atomic E-state index is 14.0. The van der Waals surface area contributed by atoms with E-state index in [-0.39, 0.29) is 23.8 Å². The Morgan fingerprint density at radius 3 is 2.61 bits per heavy atom. The fourth-order valence-electron chi connectivity index (χ4n) is 5.22. The van der Waals surface area contributed by atoms with E-state index in [0.717, 1.165) is 31.2 Å². The van der Waals surface area contributed by atoms with Crippen LogP contribution in [0.5, 0.6) is 0 Å². The number of furan rings is 1. The molecule has 1 atom stereocenters. The number of rotatable bonds is 6. The van der Waals surface area contributed by atoms with Gasteiger partial charge in [0.2, 0.25) is 11.8 Å². The highest BCUT2D eigenvalue weighted by Gasteiger charge is 2.41. The first-order valence-electron chi connectivity index (χ1n) is 12.2. The van der Waals surface area contributed by atoms with Crippen LogP contribution in [-0.4, -0.2) is 46.4 Å². The Balaban J connectivity index is 1.48. The van der Waals surface area contributed by atoms with E-state index in [4.69, 9.17) is 10.2 Å². The van der Waals surface area contributed by atoms with Gasteiger partial charge in [-0.05, 0) is 56.2 Å². The molecule has 10 heteroatoms. The predicted molar refractivity (Wildman–Crippen MR) is 133 cm³/mol. The molecule has 1 aliphatic carbocycles. The van der Waals surface area contributed by atoms with Crippen molar-refractivity contribution in [2.45, 2.75) is 50.7 Å². The van der Waals surface area contributed by atoms with Gasteiger partial charge in [-0.15, -0.1) is 5.10 Å². The second-order valence-electron chi connectivity index (χ2n) is 9.65. The Morgan fingerprint density at radius 2 is 1.89 bits per heavy atom. The van der Waals surface area contributed by atoms with Gasteiger partial charge in [0.05, 0.1) is 24.0 Å². The Kier molecular flexibility index (Phi) is 5.33. The minimum atomic E-state index is -1.11. The van der Waals surface area contributed by atoms with Gasteiger partial charge in [0.25, 0.3) is 0 Å². The zero-order chi connectivity index (χ0) is 24.9. The summed E-state index contributed by atoms with van der Waals surface area (Å²) < 4.78 is 8.57. The van der Waals surface area contributed by atoms with E-state index < -0.39 is 5.54 Å². The molecule has 0 unspecified atom stereocenters. The summed E-state index contributed by atoms with van der Waals surface area (Å²) in [6.07, 6.45) is 6.46. The molecule has 5 aromatic rings. The Bertz CT molecular complexity index is 1530. The lowest BCUT2D eigenvalue weighted by molar-refractivity contribution is -0.126. The molecule has 4 aromatic heterocycles. The number of anilines is 1. The fraction of sp³-hybridized carbons (Fsp3) is 0.346. The highest BCUT2D eigenvalue weighted by atomic mass is 16.3. The van der Waals surface area contributed by atoms with Crippen LogP contribution in [0.1, 0.15) is 44.6 Å². The van der Waals surface area contributed by atoms with Crippen molar-refractivity contribution in [1.29, 1.82) is 0 Å². The van der Waals surface area contributed by atoms with Crippen LogP contribution in [-0.2, 0) is 10.3 Å². The van der Waals surface area contributed by atoms with Crippen LogP contribution in [0.4, 0.5) is 5.95 Å². The molecule has 184 valence electrons. The second-order valence-corrected chi connectivity index (χ2v) is 9.65. The van der Waals surface area contributed by atoms with Crippen molar-refractivity contribution >= 4 is 28.4 Å². The normalized spacial score (nSPS) is 20.1. The first-order chi connectivity index (χ1) is 17.4. The topological polar surface area (TPSA) is 137 Å². The summed E-state index contributed by atoms with van der Waals surface area (Å²) in [5.41, 5.74) is 6.95. The highest BCUT2D eigenvalue weighted by molar-refractivity contribution is 5.95. The van der Waals surface area contributed by atoms with E-state index in [2.05, 4.69) is 20.2 Å². The third-order valence-electron chi connectivity index (χ3n) is 7.36. The molecule has 0 aliphatic heterocycles. The minimum absolute atomic E-state index is 0.0399. The highest BCUT2D eigenvalue weighted by Crippen LogP contribution is 2.36. The minimum Gasteiger partial charge on any atom is -0.461 e. The Morgan fingerprint density at radius 1 is 1.11 bits per heavy atom. The number of carbonyl (C=O) groups is 1. The second kappa shape index (κ2) is 8.56. The molecule has 0 radical (unpaired) electrons. The quantitative estimate of drug-likeness (QED) is 0.372. The van der Waals surface area contributed by atoms with Gasteiger partial charge in [-0.3, -0.25) is 4.79 Å². The summed E-state index contributed by atoms with van der Waals surface area (Å²) in [4.78, 5) is 23.3. The molecule has 0 bridgehead atoms. The molecule has 1 saturated carbocycles. The van der Waals surface area contributed by atoms with Crippen molar-refractivity contribution in [3.63, 3.8) is 0 Å². The number of benzene rings is 1. The monoisotopic (exact) mass is 485 g/mol. The van der Waals surface area contributed by atoms with E-state index >= 15 is 0 Å². The number of nitrogen functional groups attached to an aromatic ring is 1. The van der Waals surface area contributed by atoms with E-state index in [1.165, 1.54) is 4.52 Å². The van der Waals surface area contributed by atoms with E-state index in [0.29, 0.717) is 34.7 Å². The fourth-order valence-corrected chi connectivity index (χ4v) is 5.22. The van der Waals surface area contributed by atoms with Gasteiger partial charge in [-0.1, -0.05) is 30.3 Å². The standard InChI is InChI=1S/C26H27N7O3/c1-26(17-6-3-2-4-7-17,21(35)14-16-9-11-18(34)12-10-16)33-24-19(15-28-33)23-29-22(20-8-5-13-36-20)31-32(23)25(27)30-24/h2-8,13,15-16,18,34H,9-12,14H2,1H3,(H2,27,30)/t16?,18?,26-/m1/s1. The van der Waals surface area contributed by atoms with Crippen LogP contribution in [0.2, 0.25) is 0 Å². The summed E-state index contributed by atoms with van der Waals surface area (Å²) in [6.45, 7) is 1.88. The molecule has 0 saturated heterocycles. The van der Waals surface area contributed by atoms with E-state index in [1.54, 1.807) is 29.3 Å². The number of carbonyl (C=O) groups excluding carboxylic acids is 1.